The van der Waals surface area contributed by atoms with E-state index in [1.807, 2.05) is 0 Å². The van der Waals surface area contributed by atoms with Crippen molar-refractivity contribution in [2.24, 2.45) is 11.8 Å². The molecule has 1 rings (SSSR count). The molecule has 5 heteroatoms. The number of halogens is 1. The highest BCUT2D eigenvalue weighted by Crippen LogP contribution is 2.30. The Balaban J connectivity index is 2.35. The van der Waals surface area contributed by atoms with Crippen molar-refractivity contribution in [1.29, 1.82) is 0 Å². The van der Waals surface area contributed by atoms with Crippen LogP contribution in [0.3, 0.4) is 0 Å². The molecule has 4 nitrogen and oxygen atoms in total. The molecule has 1 aliphatic rings. The van der Waals surface area contributed by atoms with Gasteiger partial charge in [-0.25, -0.2) is 0 Å². The highest BCUT2D eigenvalue weighted by molar-refractivity contribution is 6.17. The molecule has 2 unspecified atom stereocenters. The van der Waals surface area contributed by atoms with Gasteiger partial charge in [0.15, 0.2) is 0 Å². The minimum Gasteiger partial charge on any atom is -0.481 e. The number of rotatable bonds is 5. The smallest absolute Gasteiger partial charge is 0.308 e. The lowest BCUT2D eigenvalue weighted by Crippen LogP contribution is -2.28. The Morgan fingerprint density at radius 2 is 2.00 bits per heavy atom. The van der Waals surface area contributed by atoms with Crippen LogP contribution < -0.4 is 0 Å². The Kier molecular flexibility index (Phi) is 5.60. The molecule has 1 saturated carbocycles. The van der Waals surface area contributed by atoms with Gasteiger partial charge >= 0.3 is 11.9 Å². The van der Waals surface area contributed by atoms with Crippen molar-refractivity contribution in [1.82, 2.24) is 0 Å². The van der Waals surface area contributed by atoms with Gasteiger partial charge in [0.05, 0.1) is 18.4 Å². The number of carboxylic acid groups (broad SMARTS) is 1. The van der Waals surface area contributed by atoms with Gasteiger partial charge in [-0.2, -0.15) is 0 Å². The molecule has 2 atom stereocenters. The molecule has 1 aliphatic carbocycles. The van der Waals surface area contributed by atoms with Crippen LogP contribution in [0.15, 0.2) is 0 Å². The highest BCUT2D eigenvalue weighted by Gasteiger charge is 2.31. The second-order valence-corrected chi connectivity index (χ2v) is 4.49. The summed E-state index contributed by atoms with van der Waals surface area (Å²) >= 11 is 5.47. The summed E-state index contributed by atoms with van der Waals surface area (Å²) in [6, 6.07) is 0. The van der Waals surface area contributed by atoms with E-state index in [4.69, 9.17) is 21.4 Å². The van der Waals surface area contributed by atoms with Crippen LogP contribution in [0.1, 0.15) is 32.1 Å². The van der Waals surface area contributed by atoms with Crippen LogP contribution in [-0.4, -0.2) is 29.5 Å². The fraction of sp³-hybridized carbons (Fsp3) is 0.818. The lowest BCUT2D eigenvalue weighted by Gasteiger charge is -2.24. The Bertz CT molecular complexity index is 254. The number of ether oxygens (including phenoxy) is 1. The fourth-order valence-corrected chi connectivity index (χ4v) is 2.08. The molecule has 1 fully saturated rings. The van der Waals surface area contributed by atoms with E-state index >= 15 is 0 Å². The first-order valence-electron chi connectivity index (χ1n) is 5.60. The monoisotopic (exact) mass is 248 g/mol. The molecule has 0 bridgehead atoms. The third-order valence-electron chi connectivity index (χ3n) is 2.88. The van der Waals surface area contributed by atoms with Gasteiger partial charge in [0.2, 0.25) is 0 Å². The summed E-state index contributed by atoms with van der Waals surface area (Å²) in [6.45, 7) is 0.330. The Morgan fingerprint density at radius 3 is 2.62 bits per heavy atom. The van der Waals surface area contributed by atoms with Gasteiger partial charge in [-0.15, -0.1) is 11.6 Å². The average Bonchev–Trinajstić information content (AvgIpc) is 2.29. The van der Waals surface area contributed by atoms with Gasteiger partial charge in [0, 0.05) is 5.88 Å². The van der Waals surface area contributed by atoms with Gasteiger partial charge in [-0.1, -0.05) is 6.42 Å². The maximum Gasteiger partial charge on any atom is 0.308 e. The SMILES string of the molecule is O=C(O)C1CCCC(C(=O)OCCCCl)C1. The normalized spacial score (nSPS) is 25.1. The largest absolute Gasteiger partial charge is 0.481 e. The van der Waals surface area contributed by atoms with Crippen molar-refractivity contribution >= 4 is 23.5 Å². The van der Waals surface area contributed by atoms with Crippen LogP contribution in [0, 0.1) is 11.8 Å². The lowest BCUT2D eigenvalue weighted by molar-refractivity contribution is -0.152. The van der Waals surface area contributed by atoms with Gasteiger partial charge in [0.25, 0.3) is 0 Å². The topological polar surface area (TPSA) is 63.6 Å². The van der Waals surface area contributed by atoms with E-state index in [2.05, 4.69) is 0 Å². The molecular weight excluding hydrogens is 232 g/mol. The van der Waals surface area contributed by atoms with Crippen LogP contribution in [-0.2, 0) is 14.3 Å². The molecule has 0 aromatic rings. The van der Waals surface area contributed by atoms with Gasteiger partial charge in [-0.3, -0.25) is 9.59 Å². The van der Waals surface area contributed by atoms with Crippen molar-refractivity contribution < 1.29 is 19.4 Å². The van der Waals surface area contributed by atoms with Crippen LogP contribution in [0.4, 0.5) is 0 Å². The van der Waals surface area contributed by atoms with E-state index in [1.165, 1.54) is 0 Å². The van der Waals surface area contributed by atoms with E-state index in [1.54, 1.807) is 0 Å². The van der Waals surface area contributed by atoms with E-state index in [9.17, 15) is 9.59 Å². The number of alkyl halides is 1. The first kappa shape index (κ1) is 13.3. The molecule has 0 radical (unpaired) electrons. The number of carboxylic acids is 1. The molecule has 92 valence electrons. The predicted octanol–water partition coefficient (Wildman–Crippen LogP) is 2.05. The van der Waals surface area contributed by atoms with E-state index in [-0.39, 0.29) is 17.8 Å². The molecule has 0 saturated heterocycles. The highest BCUT2D eigenvalue weighted by atomic mass is 35.5. The predicted molar refractivity (Wildman–Crippen MR) is 59.4 cm³/mol. The summed E-state index contributed by atoms with van der Waals surface area (Å²) in [4.78, 5) is 22.4. The summed E-state index contributed by atoms with van der Waals surface area (Å²) in [7, 11) is 0. The summed E-state index contributed by atoms with van der Waals surface area (Å²) < 4.78 is 5.03. The molecule has 0 heterocycles. The molecule has 16 heavy (non-hydrogen) atoms. The quantitative estimate of drug-likeness (QED) is 0.460. The van der Waals surface area contributed by atoms with Crippen LogP contribution in [0.2, 0.25) is 0 Å². The molecule has 0 aromatic carbocycles. The molecule has 0 aliphatic heterocycles. The van der Waals surface area contributed by atoms with Crippen molar-refractivity contribution in [3.63, 3.8) is 0 Å². The number of hydrogen-bond acceptors (Lipinski definition) is 3. The zero-order valence-electron chi connectivity index (χ0n) is 9.15. The molecule has 0 aromatic heterocycles. The van der Waals surface area contributed by atoms with Crippen LogP contribution >= 0.6 is 11.6 Å². The van der Waals surface area contributed by atoms with E-state index < -0.39 is 5.97 Å². The van der Waals surface area contributed by atoms with Crippen molar-refractivity contribution in [2.75, 3.05) is 12.5 Å². The maximum absolute atomic E-state index is 11.6. The van der Waals surface area contributed by atoms with Crippen LogP contribution in [0.5, 0.6) is 0 Å². The average molecular weight is 249 g/mol. The third-order valence-corrected chi connectivity index (χ3v) is 3.15. The first-order valence-corrected chi connectivity index (χ1v) is 6.14. The Morgan fingerprint density at radius 1 is 1.31 bits per heavy atom. The van der Waals surface area contributed by atoms with Crippen molar-refractivity contribution in [3.8, 4) is 0 Å². The van der Waals surface area contributed by atoms with Gasteiger partial charge < -0.3 is 9.84 Å². The molecule has 0 amide bonds. The lowest BCUT2D eigenvalue weighted by atomic mass is 9.81. The Labute approximate surface area is 99.9 Å². The summed E-state index contributed by atoms with van der Waals surface area (Å²) in [5, 5.41) is 8.88. The number of esters is 1. The molecule has 1 N–H and O–H groups in total. The number of carbonyl (C=O) groups is 2. The number of carbonyl (C=O) groups excluding carboxylic acids is 1. The third kappa shape index (κ3) is 4.00. The zero-order valence-corrected chi connectivity index (χ0v) is 9.91. The first-order chi connectivity index (χ1) is 7.65. The summed E-state index contributed by atoms with van der Waals surface area (Å²) in [5.41, 5.74) is 0. The minimum absolute atomic E-state index is 0.245. The molecule has 0 spiro atoms. The maximum atomic E-state index is 11.6. The second kappa shape index (κ2) is 6.74. The summed E-state index contributed by atoms with van der Waals surface area (Å²) in [6.07, 6.45) is 3.24. The number of aliphatic carboxylic acids is 1. The Hall–Kier alpha value is -0.770. The minimum atomic E-state index is -0.807. The van der Waals surface area contributed by atoms with E-state index in [0.29, 0.717) is 31.7 Å². The van der Waals surface area contributed by atoms with Crippen molar-refractivity contribution in [3.05, 3.63) is 0 Å². The van der Waals surface area contributed by atoms with Gasteiger partial charge in [-0.05, 0) is 25.7 Å². The van der Waals surface area contributed by atoms with Crippen LogP contribution in [0.25, 0.3) is 0 Å². The second-order valence-electron chi connectivity index (χ2n) is 4.11. The zero-order chi connectivity index (χ0) is 12.0. The fourth-order valence-electron chi connectivity index (χ4n) is 1.97. The van der Waals surface area contributed by atoms with E-state index in [0.717, 1.165) is 12.8 Å². The summed E-state index contributed by atoms with van der Waals surface area (Å²) in [5.74, 6) is -1.24. The number of hydrogen-bond donors (Lipinski definition) is 1. The standard InChI is InChI=1S/C11H17ClO4/c12-5-2-6-16-11(15)9-4-1-3-8(7-9)10(13)14/h8-9H,1-7H2,(H,13,14). The van der Waals surface area contributed by atoms with Crippen molar-refractivity contribution in [2.45, 2.75) is 32.1 Å². The van der Waals surface area contributed by atoms with Gasteiger partial charge in [0.1, 0.15) is 0 Å². The molecular formula is C11H17ClO4.